The Morgan fingerprint density at radius 2 is 1.68 bits per heavy atom. The number of fused-ring (bicyclic) bond motifs is 1. The van der Waals surface area contributed by atoms with Crippen LogP contribution in [0.5, 0.6) is 0 Å². The van der Waals surface area contributed by atoms with Gasteiger partial charge in [-0.1, -0.05) is 84.9 Å². The second-order valence-electron chi connectivity index (χ2n) is 7.75. The summed E-state index contributed by atoms with van der Waals surface area (Å²) in [6.45, 7) is 7.36. The van der Waals surface area contributed by atoms with E-state index < -0.39 is 8.07 Å². The van der Waals surface area contributed by atoms with E-state index in [2.05, 4.69) is 90.6 Å². The molecule has 0 saturated heterocycles. The average Bonchev–Trinajstić information content (AvgIpc) is 3.26. The fourth-order valence-electron chi connectivity index (χ4n) is 5.00. The van der Waals surface area contributed by atoms with Gasteiger partial charge in [0.05, 0.1) is 8.07 Å². The molecule has 141 valence electrons. The molecule has 3 aromatic rings. The molecule has 2 bridgehead atoms. The molecule has 3 aromatic carbocycles. The van der Waals surface area contributed by atoms with E-state index in [1.54, 1.807) is 10.4 Å². The Kier molecular flexibility index (Phi) is 7.22. The largest absolute Gasteiger partial charge is 3.00 e. The monoisotopic (exact) mass is 563 g/mol. The third kappa shape index (κ3) is 3.13. The smallest absolute Gasteiger partial charge is 1.00 e. The molecule has 0 aromatic heterocycles. The Morgan fingerprint density at radius 3 is 2.29 bits per heavy atom. The van der Waals surface area contributed by atoms with Gasteiger partial charge in [0.1, 0.15) is 0 Å². The first kappa shape index (κ1) is 24.0. The Labute approximate surface area is 207 Å². The van der Waals surface area contributed by atoms with Crippen LogP contribution in [0.25, 0.3) is 27.5 Å². The Hall–Kier alpha value is -0.310. The maximum Gasteiger partial charge on any atom is 3.00 e. The van der Waals surface area contributed by atoms with Gasteiger partial charge in [-0.2, -0.15) is 0 Å². The van der Waals surface area contributed by atoms with Crippen molar-refractivity contribution in [2.45, 2.75) is 26.4 Å². The number of hydrogen-bond donors (Lipinski definition) is 0. The van der Waals surface area contributed by atoms with Crippen molar-refractivity contribution >= 4 is 50.7 Å². The molecule has 0 N–H and O–H groups in total. The molecule has 0 unspecified atom stereocenters. The summed E-state index contributed by atoms with van der Waals surface area (Å²) in [5.74, 6) is 0. The molecule has 0 atom stereocenters. The van der Waals surface area contributed by atoms with Crippen molar-refractivity contribution in [1.82, 2.24) is 0 Å². The van der Waals surface area contributed by atoms with Crippen LogP contribution in [0.2, 0.25) is 13.1 Å². The number of allylic oxidation sites excluding steroid dienone is 4. The summed E-state index contributed by atoms with van der Waals surface area (Å²) < 4.78 is 1.31. The number of benzene rings is 2. The molecule has 0 saturated carbocycles. The SMILES string of the molecule is Cc1[cH-]c2c(Br)c(C3=CC=CC3)c3c(-c4ccccc4)c2c1[Si]3(C)C.[Cl-].[Cl-].[Zr+3]. The second kappa shape index (κ2) is 8.44. The number of hydrogen-bond acceptors (Lipinski definition) is 0. The minimum absolute atomic E-state index is 0. The minimum Gasteiger partial charge on any atom is -1.00 e. The first-order chi connectivity index (χ1) is 12.0. The van der Waals surface area contributed by atoms with Gasteiger partial charge in [-0.15, -0.1) is 43.5 Å². The zero-order valence-electron chi connectivity index (χ0n) is 16.0. The molecular weight excluding hydrogens is 546 g/mol. The zero-order valence-corrected chi connectivity index (χ0v) is 22.6. The zero-order chi connectivity index (χ0) is 17.3. The van der Waals surface area contributed by atoms with E-state index in [0.717, 1.165) is 6.42 Å². The summed E-state index contributed by atoms with van der Waals surface area (Å²) in [6.07, 6.45) is 7.81. The van der Waals surface area contributed by atoms with Gasteiger partial charge in [0.15, 0.2) is 0 Å². The van der Waals surface area contributed by atoms with E-state index in [9.17, 15) is 0 Å². The van der Waals surface area contributed by atoms with Gasteiger partial charge in [-0.05, 0) is 22.0 Å². The molecule has 1 radical (unpaired) electrons. The molecule has 5 rings (SSSR count). The Bertz CT molecular complexity index is 1110. The molecule has 2 aliphatic rings. The van der Waals surface area contributed by atoms with Crippen molar-refractivity contribution < 1.29 is 51.0 Å². The van der Waals surface area contributed by atoms with E-state index in [4.69, 9.17) is 0 Å². The Morgan fingerprint density at radius 1 is 1.00 bits per heavy atom. The first-order valence-electron chi connectivity index (χ1n) is 8.89. The fourth-order valence-corrected chi connectivity index (χ4v) is 9.95. The molecule has 0 fully saturated rings. The quantitative estimate of drug-likeness (QED) is 0.298. The standard InChI is InChI=1S/C23H20BrSi.2ClH.Zr/c1-14-13-17-20-18(15-9-5-4-6-10-15)23(25(2,3)22(14)20)19(21(17)24)16-11-7-8-12-16;;;/h4-11,13H,12H2,1-3H3;2*1H;/q-1;;;+3/p-2. The van der Waals surface area contributed by atoms with Gasteiger partial charge in [0.25, 0.3) is 0 Å². The van der Waals surface area contributed by atoms with Gasteiger partial charge in [-0.25, -0.2) is 0 Å². The fraction of sp³-hybridized carbons (Fsp3) is 0.174. The van der Waals surface area contributed by atoms with Gasteiger partial charge >= 0.3 is 26.2 Å². The summed E-state index contributed by atoms with van der Waals surface area (Å²) in [4.78, 5) is 0. The van der Waals surface area contributed by atoms with Crippen LogP contribution in [0.1, 0.15) is 17.5 Å². The van der Waals surface area contributed by atoms with Crippen LogP contribution in [0, 0.1) is 6.92 Å². The molecular formula is C23H20BrCl2SiZr. The van der Waals surface area contributed by atoms with E-state index in [1.165, 1.54) is 43.1 Å². The van der Waals surface area contributed by atoms with Crippen LogP contribution in [-0.4, -0.2) is 8.07 Å². The molecule has 1 heterocycles. The molecule has 0 amide bonds. The van der Waals surface area contributed by atoms with Crippen molar-refractivity contribution in [3.8, 4) is 11.1 Å². The normalized spacial score (nSPS) is 15.2. The van der Waals surface area contributed by atoms with E-state index in [1.807, 2.05) is 0 Å². The molecule has 1 aliphatic heterocycles. The molecule has 0 nitrogen and oxygen atoms in total. The van der Waals surface area contributed by atoms with E-state index in [0.29, 0.717) is 0 Å². The van der Waals surface area contributed by atoms with Gasteiger partial charge in [-0.3, -0.25) is 0 Å². The second-order valence-corrected chi connectivity index (χ2v) is 12.8. The van der Waals surface area contributed by atoms with Crippen molar-refractivity contribution in [1.29, 1.82) is 0 Å². The average molecular weight is 567 g/mol. The van der Waals surface area contributed by atoms with Crippen molar-refractivity contribution in [3.05, 3.63) is 70.2 Å². The third-order valence-electron chi connectivity index (χ3n) is 5.89. The predicted octanol–water partition coefficient (Wildman–Crippen LogP) is -0.219. The van der Waals surface area contributed by atoms with Crippen LogP contribution >= 0.6 is 15.9 Å². The van der Waals surface area contributed by atoms with Crippen LogP contribution < -0.4 is 35.2 Å². The predicted molar refractivity (Wildman–Crippen MR) is 116 cm³/mol. The van der Waals surface area contributed by atoms with E-state index in [-0.39, 0.29) is 51.0 Å². The van der Waals surface area contributed by atoms with Gasteiger partial charge < -0.3 is 24.8 Å². The summed E-state index contributed by atoms with van der Waals surface area (Å²) in [5, 5.41) is 6.19. The summed E-state index contributed by atoms with van der Waals surface area (Å²) in [5.41, 5.74) is 7.27. The third-order valence-corrected chi connectivity index (χ3v) is 10.4. The van der Waals surface area contributed by atoms with Crippen molar-refractivity contribution in [2.75, 3.05) is 0 Å². The topological polar surface area (TPSA) is 0 Å². The molecule has 1 aliphatic carbocycles. The van der Waals surface area contributed by atoms with Gasteiger partial charge in [0.2, 0.25) is 0 Å². The van der Waals surface area contributed by atoms with Crippen LogP contribution in [-0.2, 0) is 26.2 Å². The number of aryl methyl sites for hydroxylation is 1. The van der Waals surface area contributed by atoms with Crippen LogP contribution in [0.3, 0.4) is 0 Å². The van der Waals surface area contributed by atoms with Crippen LogP contribution in [0.4, 0.5) is 0 Å². The molecule has 5 heteroatoms. The number of rotatable bonds is 2. The summed E-state index contributed by atoms with van der Waals surface area (Å²) in [7, 11) is -1.73. The maximum atomic E-state index is 4.00. The number of halogens is 3. The van der Waals surface area contributed by atoms with Gasteiger partial charge in [0, 0.05) is 0 Å². The summed E-state index contributed by atoms with van der Waals surface area (Å²) >= 11 is 4.00. The summed E-state index contributed by atoms with van der Waals surface area (Å²) in [6, 6.07) is 13.4. The first-order valence-corrected chi connectivity index (χ1v) is 12.7. The van der Waals surface area contributed by atoms with E-state index >= 15 is 0 Å². The Balaban J connectivity index is 0.000000934. The minimum atomic E-state index is -1.73. The van der Waals surface area contributed by atoms with Crippen molar-refractivity contribution in [3.63, 3.8) is 0 Å². The van der Waals surface area contributed by atoms with Crippen LogP contribution in [0.15, 0.2) is 59.1 Å². The maximum absolute atomic E-state index is 4.00. The molecule has 0 spiro atoms. The molecule has 28 heavy (non-hydrogen) atoms. The van der Waals surface area contributed by atoms with Crippen molar-refractivity contribution in [2.24, 2.45) is 0 Å².